The van der Waals surface area contributed by atoms with Crippen LogP contribution < -0.4 is 4.74 Å². The van der Waals surface area contributed by atoms with E-state index in [0.29, 0.717) is 31.2 Å². The van der Waals surface area contributed by atoms with Crippen molar-refractivity contribution in [2.45, 2.75) is 40.0 Å². The summed E-state index contributed by atoms with van der Waals surface area (Å²) in [6, 6.07) is 15.7. The molecule has 2 aromatic carbocycles. The number of hydrogen-bond donors (Lipinski definition) is 0. The van der Waals surface area contributed by atoms with E-state index in [0.717, 1.165) is 30.4 Å². The molecule has 3 rings (SSSR count). The third-order valence-corrected chi connectivity index (χ3v) is 4.85. The summed E-state index contributed by atoms with van der Waals surface area (Å²) < 4.78 is 12.3. The molecule has 1 aromatic heterocycles. The summed E-state index contributed by atoms with van der Waals surface area (Å²) in [6.45, 7) is 7.46. The number of rotatable bonds is 10. The van der Waals surface area contributed by atoms with Gasteiger partial charge < -0.3 is 9.47 Å². The first-order valence-electron chi connectivity index (χ1n) is 10.5. The third-order valence-electron chi connectivity index (χ3n) is 4.85. The summed E-state index contributed by atoms with van der Waals surface area (Å²) in [5, 5.41) is 4.35. The van der Waals surface area contributed by atoms with Crippen molar-refractivity contribution in [3.8, 4) is 17.4 Å². The van der Waals surface area contributed by atoms with Gasteiger partial charge in [-0.2, -0.15) is 9.67 Å². The molecule has 0 N–H and O–H groups in total. The van der Waals surface area contributed by atoms with Gasteiger partial charge in [-0.25, -0.2) is 0 Å². The molecule has 0 saturated heterocycles. The molecule has 0 aliphatic rings. The van der Waals surface area contributed by atoms with Crippen molar-refractivity contribution in [1.29, 1.82) is 0 Å². The second-order valence-electron chi connectivity index (χ2n) is 7.10. The monoisotopic (exact) mass is 407 g/mol. The van der Waals surface area contributed by atoms with Gasteiger partial charge in [0.1, 0.15) is 6.61 Å². The molecule has 0 atom stereocenters. The van der Waals surface area contributed by atoms with Crippen molar-refractivity contribution in [3.63, 3.8) is 0 Å². The van der Waals surface area contributed by atoms with E-state index in [1.807, 2.05) is 62.4 Å². The van der Waals surface area contributed by atoms with E-state index in [-0.39, 0.29) is 11.9 Å². The number of aryl methyl sites for hydroxylation is 2. The first-order chi connectivity index (χ1) is 14.6. The smallest absolute Gasteiger partial charge is 0.336 e. The van der Waals surface area contributed by atoms with Crippen LogP contribution in [-0.4, -0.2) is 40.5 Å². The first kappa shape index (κ1) is 21.7. The predicted molar refractivity (Wildman–Crippen MR) is 117 cm³/mol. The van der Waals surface area contributed by atoms with Crippen LogP contribution in [-0.2, 0) is 11.2 Å². The maximum atomic E-state index is 13.2. The van der Waals surface area contributed by atoms with Gasteiger partial charge in [-0.1, -0.05) is 49.7 Å². The molecule has 6 nitrogen and oxygen atoms in total. The van der Waals surface area contributed by atoms with Gasteiger partial charge in [-0.05, 0) is 49.9 Å². The molecule has 0 aliphatic heterocycles. The van der Waals surface area contributed by atoms with Crippen LogP contribution >= 0.6 is 0 Å². The van der Waals surface area contributed by atoms with Crippen molar-refractivity contribution >= 4 is 5.91 Å². The second kappa shape index (κ2) is 10.7. The Balaban J connectivity index is 1.90. The number of benzene rings is 2. The van der Waals surface area contributed by atoms with Gasteiger partial charge in [0.2, 0.25) is 0 Å². The Labute approximate surface area is 177 Å². The summed E-state index contributed by atoms with van der Waals surface area (Å²) in [7, 11) is 0. The summed E-state index contributed by atoms with van der Waals surface area (Å²) in [5.41, 5.74) is 3.65. The lowest BCUT2D eigenvalue weighted by Crippen LogP contribution is -2.16. The molecule has 0 spiro atoms. The summed E-state index contributed by atoms with van der Waals surface area (Å²) in [6.07, 6.45) is 3.29. The minimum absolute atomic E-state index is 0.167. The maximum Gasteiger partial charge on any atom is 0.336 e. The summed E-state index contributed by atoms with van der Waals surface area (Å²) in [5.74, 6) is 0.238. The zero-order valence-electron chi connectivity index (χ0n) is 17.9. The molecule has 0 unspecified atom stereocenters. The Kier molecular flexibility index (Phi) is 7.74. The van der Waals surface area contributed by atoms with Crippen molar-refractivity contribution in [1.82, 2.24) is 14.8 Å². The quantitative estimate of drug-likeness (QED) is 0.456. The molecule has 3 aromatic rings. The molecule has 1 heterocycles. The van der Waals surface area contributed by atoms with Crippen LogP contribution in [0.25, 0.3) is 11.4 Å². The number of carbonyl (C=O) groups is 1. The summed E-state index contributed by atoms with van der Waals surface area (Å²) in [4.78, 5) is 17.7. The molecular formula is C24H29N3O3. The van der Waals surface area contributed by atoms with E-state index in [1.54, 1.807) is 0 Å². The van der Waals surface area contributed by atoms with Gasteiger partial charge in [0, 0.05) is 17.7 Å². The fraction of sp³-hybridized carbons (Fsp3) is 0.375. The number of aromatic nitrogens is 3. The number of unbranched alkanes of at least 4 members (excludes halogenated alkanes) is 1. The number of hydrogen-bond acceptors (Lipinski definition) is 5. The average molecular weight is 408 g/mol. The molecule has 158 valence electrons. The van der Waals surface area contributed by atoms with Crippen molar-refractivity contribution < 1.29 is 14.3 Å². The minimum atomic E-state index is -0.234. The van der Waals surface area contributed by atoms with Crippen LogP contribution in [0.2, 0.25) is 0 Å². The molecule has 0 amide bonds. The second-order valence-corrected chi connectivity index (χ2v) is 7.10. The van der Waals surface area contributed by atoms with Crippen LogP contribution in [0.4, 0.5) is 0 Å². The highest BCUT2D eigenvalue weighted by atomic mass is 16.5. The standard InChI is InChI=1S/C24H29N3O3/c1-4-6-10-19-12-14-20(15-13-19)23(28)27-22(21-11-8-7-9-18(21)3)25-24(26-27)30-17-16-29-5-2/h7-9,11-15H,4-6,10,16-17H2,1-3H3. The maximum absolute atomic E-state index is 13.2. The molecular weight excluding hydrogens is 378 g/mol. The lowest BCUT2D eigenvalue weighted by molar-refractivity contribution is 0.0938. The first-order valence-corrected chi connectivity index (χ1v) is 10.5. The van der Waals surface area contributed by atoms with Crippen LogP contribution in [0.1, 0.15) is 48.2 Å². The topological polar surface area (TPSA) is 66.2 Å². The average Bonchev–Trinajstić information content (AvgIpc) is 3.19. The highest BCUT2D eigenvalue weighted by molar-refractivity contribution is 5.97. The van der Waals surface area contributed by atoms with Gasteiger partial charge in [-0.15, -0.1) is 5.10 Å². The molecule has 0 fully saturated rings. The van der Waals surface area contributed by atoms with E-state index < -0.39 is 0 Å². The van der Waals surface area contributed by atoms with Gasteiger partial charge in [-0.3, -0.25) is 4.79 Å². The zero-order chi connectivity index (χ0) is 21.3. The van der Waals surface area contributed by atoms with Crippen molar-refractivity contribution in [2.75, 3.05) is 19.8 Å². The zero-order valence-corrected chi connectivity index (χ0v) is 17.9. The van der Waals surface area contributed by atoms with Crippen LogP contribution in [0.5, 0.6) is 6.01 Å². The summed E-state index contributed by atoms with van der Waals surface area (Å²) >= 11 is 0. The van der Waals surface area contributed by atoms with E-state index >= 15 is 0 Å². The Hall–Kier alpha value is -2.99. The van der Waals surface area contributed by atoms with Crippen LogP contribution in [0.15, 0.2) is 48.5 Å². The van der Waals surface area contributed by atoms with Gasteiger partial charge >= 0.3 is 6.01 Å². The highest BCUT2D eigenvalue weighted by Gasteiger charge is 2.21. The fourth-order valence-corrected chi connectivity index (χ4v) is 3.15. The molecule has 6 heteroatoms. The van der Waals surface area contributed by atoms with E-state index in [9.17, 15) is 4.79 Å². The fourth-order valence-electron chi connectivity index (χ4n) is 3.15. The Bertz CT molecular complexity index is 964. The molecule has 0 bridgehead atoms. The van der Waals surface area contributed by atoms with Crippen LogP contribution in [0.3, 0.4) is 0 Å². The number of carbonyl (C=O) groups excluding carboxylic acids is 1. The van der Waals surface area contributed by atoms with Crippen molar-refractivity contribution in [2.24, 2.45) is 0 Å². The largest absolute Gasteiger partial charge is 0.460 e. The number of nitrogens with zero attached hydrogens (tertiary/aromatic N) is 3. The molecule has 30 heavy (non-hydrogen) atoms. The van der Waals surface area contributed by atoms with E-state index in [2.05, 4.69) is 17.0 Å². The van der Waals surface area contributed by atoms with Crippen molar-refractivity contribution in [3.05, 3.63) is 65.2 Å². The molecule has 0 aliphatic carbocycles. The molecule has 0 saturated carbocycles. The van der Waals surface area contributed by atoms with Crippen LogP contribution in [0, 0.1) is 6.92 Å². The predicted octanol–water partition coefficient (Wildman–Crippen LogP) is 4.70. The molecule has 0 radical (unpaired) electrons. The SMILES string of the molecule is CCCCc1ccc(C(=O)n2nc(OCCOCC)nc2-c2ccccc2C)cc1. The minimum Gasteiger partial charge on any atom is -0.460 e. The van der Waals surface area contributed by atoms with E-state index in [4.69, 9.17) is 9.47 Å². The van der Waals surface area contributed by atoms with Gasteiger partial charge in [0.15, 0.2) is 5.82 Å². The Morgan fingerprint density at radius 1 is 1.03 bits per heavy atom. The van der Waals surface area contributed by atoms with Gasteiger partial charge in [0.05, 0.1) is 6.61 Å². The lowest BCUT2D eigenvalue weighted by atomic mass is 10.1. The van der Waals surface area contributed by atoms with E-state index in [1.165, 1.54) is 10.2 Å². The van der Waals surface area contributed by atoms with Gasteiger partial charge in [0.25, 0.3) is 5.91 Å². The Morgan fingerprint density at radius 2 is 1.80 bits per heavy atom. The Morgan fingerprint density at radius 3 is 2.50 bits per heavy atom. The third kappa shape index (κ3) is 5.33. The normalized spacial score (nSPS) is 10.9. The highest BCUT2D eigenvalue weighted by Crippen LogP contribution is 2.24. The lowest BCUT2D eigenvalue weighted by Gasteiger charge is -2.07. The number of ether oxygens (including phenoxy) is 2.